The molecule has 8 nitrogen and oxygen atoms in total. The summed E-state index contributed by atoms with van der Waals surface area (Å²) < 4.78 is 35.9. The first kappa shape index (κ1) is 32.2. The minimum atomic E-state index is -0.202. The highest BCUT2D eigenvalue weighted by Crippen LogP contribution is 2.70. The zero-order chi connectivity index (χ0) is 29.1. The number of rotatable bonds is 14. The van der Waals surface area contributed by atoms with Crippen LogP contribution in [-0.2, 0) is 33.2 Å². The smallest absolute Gasteiger partial charge is 0.217 e. The zero-order valence-electron chi connectivity index (χ0n) is 26.2. The molecule has 0 bridgehead atoms. The van der Waals surface area contributed by atoms with Crippen molar-refractivity contribution < 1.29 is 33.2 Å². The third-order valence-corrected chi connectivity index (χ3v) is 12.1. The summed E-state index contributed by atoms with van der Waals surface area (Å²) >= 11 is 0. The Bertz CT molecular complexity index is 827. The van der Waals surface area contributed by atoms with Gasteiger partial charge in [0, 0.05) is 27.8 Å². The Labute approximate surface area is 242 Å². The van der Waals surface area contributed by atoms with Gasteiger partial charge in [-0.1, -0.05) is 34.1 Å². The molecule has 4 fully saturated rings. The van der Waals surface area contributed by atoms with E-state index in [4.69, 9.17) is 34.2 Å². The molecule has 12 atom stereocenters. The van der Waals surface area contributed by atoms with E-state index in [0.717, 1.165) is 38.5 Å². The molecular formula is C32H57NO7. The minimum Gasteiger partial charge on any atom is -0.370 e. The predicted molar refractivity (Wildman–Crippen MR) is 153 cm³/mol. The molecule has 4 rings (SSSR count). The van der Waals surface area contributed by atoms with Gasteiger partial charge in [0.2, 0.25) is 5.91 Å². The fraction of sp³-hybridized carbons (Fsp3) is 0.969. The van der Waals surface area contributed by atoms with Crippen molar-refractivity contribution >= 4 is 5.91 Å². The van der Waals surface area contributed by atoms with Crippen LogP contribution in [0.4, 0.5) is 0 Å². The van der Waals surface area contributed by atoms with Crippen LogP contribution in [0.15, 0.2) is 0 Å². The van der Waals surface area contributed by atoms with Crippen molar-refractivity contribution in [2.24, 2.45) is 58.0 Å². The lowest BCUT2D eigenvalue weighted by Crippen LogP contribution is -2.66. The molecule has 0 heterocycles. The third-order valence-electron chi connectivity index (χ3n) is 12.1. The van der Waals surface area contributed by atoms with Crippen LogP contribution in [0.2, 0.25) is 0 Å². The number of hydrogen-bond acceptors (Lipinski definition) is 7. The van der Waals surface area contributed by atoms with Crippen molar-refractivity contribution in [3.63, 3.8) is 0 Å². The summed E-state index contributed by atoms with van der Waals surface area (Å²) in [5.41, 5.74) is 5.79. The lowest BCUT2D eigenvalue weighted by Gasteiger charge is -2.67. The SMILES string of the molecule is CC[C@H]1[C@@H](OCOC)C2C3CC[C@H]([C@H](C)CCC(N)=O)[C@@]3(C)C[C@H](OCOC)C2[C@@]2(C)CC[C@@H](OCOC)C[C@@H]12. The van der Waals surface area contributed by atoms with Crippen LogP contribution in [0, 0.1) is 52.3 Å². The summed E-state index contributed by atoms with van der Waals surface area (Å²) in [4.78, 5) is 11.6. The number of fused-ring (bicyclic) bond motifs is 5. The molecule has 40 heavy (non-hydrogen) atoms. The van der Waals surface area contributed by atoms with Crippen molar-refractivity contribution in [3.05, 3.63) is 0 Å². The average molecular weight is 568 g/mol. The summed E-state index contributed by atoms with van der Waals surface area (Å²) in [6, 6.07) is 0. The Morgan fingerprint density at radius 3 is 2.25 bits per heavy atom. The number of carbonyl (C=O) groups is 1. The Kier molecular flexibility index (Phi) is 11.0. The van der Waals surface area contributed by atoms with Crippen LogP contribution in [-0.4, -0.2) is 65.9 Å². The van der Waals surface area contributed by atoms with Crippen molar-refractivity contribution in [2.45, 2.75) is 104 Å². The van der Waals surface area contributed by atoms with Gasteiger partial charge < -0.3 is 34.2 Å². The summed E-state index contributed by atoms with van der Waals surface area (Å²) in [7, 11) is 5.14. The van der Waals surface area contributed by atoms with Crippen LogP contribution in [0.25, 0.3) is 0 Å². The van der Waals surface area contributed by atoms with Gasteiger partial charge in [0.1, 0.15) is 20.4 Å². The molecule has 3 unspecified atom stereocenters. The van der Waals surface area contributed by atoms with Gasteiger partial charge in [0.15, 0.2) is 0 Å². The molecule has 0 saturated heterocycles. The first-order valence-corrected chi connectivity index (χ1v) is 15.8. The predicted octanol–water partition coefficient (Wildman–Crippen LogP) is 5.37. The highest BCUT2D eigenvalue weighted by molar-refractivity contribution is 5.73. The third kappa shape index (κ3) is 6.00. The molecule has 0 aromatic heterocycles. The van der Waals surface area contributed by atoms with E-state index in [0.29, 0.717) is 68.2 Å². The van der Waals surface area contributed by atoms with E-state index in [-0.39, 0.29) is 35.0 Å². The van der Waals surface area contributed by atoms with Crippen LogP contribution >= 0.6 is 0 Å². The van der Waals surface area contributed by atoms with E-state index in [2.05, 4.69) is 27.7 Å². The van der Waals surface area contributed by atoms with Gasteiger partial charge in [-0.25, -0.2) is 0 Å². The van der Waals surface area contributed by atoms with E-state index in [1.165, 1.54) is 12.8 Å². The molecule has 232 valence electrons. The summed E-state index contributed by atoms with van der Waals surface area (Å²) in [5.74, 6) is 2.95. The normalized spacial score (nSPS) is 43.5. The molecule has 0 aromatic carbocycles. The molecule has 0 radical (unpaired) electrons. The van der Waals surface area contributed by atoms with Gasteiger partial charge >= 0.3 is 0 Å². The van der Waals surface area contributed by atoms with E-state index < -0.39 is 0 Å². The second-order valence-electron chi connectivity index (χ2n) is 13.9. The number of carbonyl (C=O) groups excluding carboxylic acids is 1. The molecule has 4 aliphatic carbocycles. The molecule has 0 aliphatic heterocycles. The van der Waals surface area contributed by atoms with Gasteiger partial charge in [-0.3, -0.25) is 4.79 Å². The lowest BCUT2D eigenvalue weighted by atomic mass is 9.40. The second-order valence-corrected chi connectivity index (χ2v) is 13.9. The van der Waals surface area contributed by atoms with Gasteiger partial charge in [0.25, 0.3) is 0 Å². The fourth-order valence-electron chi connectivity index (χ4n) is 10.5. The summed E-state index contributed by atoms with van der Waals surface area (Å²) in [6.45, 7) is 10.7. The van der Waals surface area contributed by atoms with Crippen molar-refractivity contribution in [2.75, 3.05) is 41.7 Å². The van der Waals surface area contributed by atoms with Gasteiger partial charge in [-0.2, -0.15) is 0 Å². The molecule has 1 amide bonds. The maximum absolute atomic E-state index is 11.6. The van der Waals surface area contributed by atoms with Crippen LogP contribution in [0.5, 0.6) is 0 Å². The highest BCUT2D eigenvalue weighted by atomic mass is 16.7. The first-order valence-electron chi connectivity index (χ1n) is 15.8. The summed E-state index contributed by atoms with van der Waals surface area (Å²) in [5, 5.41) is 0. The first-order chi connectivity index (χ1) is 19.2. The van der Waals surface area contributed by atoms with E-state index in [9.17, 15) is 4.79 Å². The van der Waals surface area contributed by atoms with Crippen molar-refractivity contribution in [1.29, 1.82) is 0 Å². The number of methoxy groups -OCH3 is 3. The maximum Gasteiger partial charge on any atom is 0.217 e. The molecule has 8 heteroatoms. The standard InChI is InChI=1S/C32H57NO7/c1-8-22-25-15-21(38-17-35-5)13-14-31(25,3)29-26(39-18-36-6)16-32(4)23(20(2)9-12-27(33)34)10-11-24(32)28(29)30(22)40-19-37-7/h20-26,28-30H,8-19H2,1-7H3,(H2,33,34)/t20-,21-,22-,23-,24?,25+,26+,28?,29?,30-,31+,32-/m1/s1. The molecule has 2 N–H and O–H groups in total. The van der Waals surface area contributed by atoms with Gasteiger partial charge in [-0.15, -0.1) is 0 Å². The topological polar surface area (TPSA) is 98.5 Å². The molecule has 0 spiro atoms. The molecule has 4 saturated carbocycles. The number of primary amides is 1. The van der Waals surface area contributed by atoms with Crippen molar-refractivity contribution in [1.82, 2.24) is 0 Å². The number of ether oxygens (including phenoxy) is 6. The van der Waals surface area contributed by atoms with Crippen molar-refractivity contribution in [3.8, 4) is 0 Å². The van der Waals surface area contributed by atoms with Crippen LogP contribution in [0.3, 0.4) is 0 Å². The Hall–Kier alpha value is -0.770. The lowest BCUT2D eigenvalue weighted by molar-refractivity contribution is -0.275. The Morgan fingerprint density at radius 2 is 1.60 bits per heavy atom. The fourth-order valence-corrected chi connectivity index (χ4v) is 10.5. The molecular weight excluding hydrogens is 510 g/mol. The second kappa shape index (κ2) is 13.7. The van der Waals surface area contributed by atoms with Gasteiger partial charge in [-0.05, 0) is 97.2 Å². The number of nitrogens with two attached hydrogens (primary N) is 1. The van der Waals surface area contributed by atoms with Gasteiger partial charge in [0.05, 0.1) is 18.3 Å². The van der Waals surface area contributed by atoms with Crippen LogP contribution < -0.4 is 5.73 Å². The highest BCUT2D eigenvalue weighted by Gasteiger charge is 2.68. The minimum absolute atomic E-state index is 0.0885. The quantitative estimate of drug-likeness (QED) is 0.282. The molecule has 0 aromatic rings. The largest absolute Gasteiger partial charge is 0.370 e. The van der Waals surface area contributed by atoms with E-state index >= 15 is 0 Å². The summed E-state index contributed by atoms with van der Waals surface area (Å²) in [6.07, 6.45) is 9.38. The Morgan fingerprint density at radius 1 is 0.925 bits per heavy atom. The van der Waals surface area contributed by atoms with Crippen LogP contribution in [0.1, 0.15) is 85.5 Å². The zero-order valence-corrected chi connectivity index (χ0v) is 26.2. The Balaban J connectivity index is 1.74. The maximum atomic E-state index is 11.6. The average Bonchev–Trinajstić information content (AvgIpc) is 3.28. The molecule has 4 aliphatic rings. The van der Waals surface area contributed by atoms with E-state index in [1.54, 1.807) is 21.3 Å². The van der Waals surface area contributed by atoms with E-state index in [1.807, 2.05) is 0 Å². The monoisotopic (exact) mass is 567 g/mol. The number of hydrogen-bond donors (Lipinski definition) is 1. The number of amides is 1.